The van der Waals surface area contributed by atoms with Crippen LogP contribution < -0.4 is 5.32 Å². The van der Waals surface area contributed by atoms with Gasteiger partial charge in [-0.25, -0.2) is 4.99 Å². The van der Waals surface area contributed by atoms with Gasteiger partial charge < -0.3 is 24.3 Å². The zero-order valence-corrected chi connectivity index (χ0v) is 19.6. The number of aryl methyl sites for hydroxylation is 1. The Morgan fingerprint density at radius 2 is 2.07 bits per heavy atom. The normalized spacial score (nSPS) is 21.0. The van der Waals surface area contributed by atoms with Gasteiger partial charge in [0, 0.05) is 59.3 Å². The van der Waals surface area contributed by atoms with Crippen LogP contribution in [-0.4, -0.2) is 96.7 Å². The summed E-state index contributed by atoms with van der Waals surface area (Å²) in [5, 5.41) is 11.9. The maximum Gasteiger partial charge on any atom is 0.194 e. The molecule has 28 heavy (non-hydrogen) atoms. The van der Waals surface area contributed by atoms with Crippen LogP contribution in [-0.2, 0) is 23.1 Å². The topological polar surface area (TPSA) is 80.0 Å². The fourth-order valence-corrected chi connectivity index (χ4v) is 3.55. The number of likely N-dealkylation sites (tertiary alicyclic amines) is 1. The first-order valence-corrected chi connectivity index (χ1v) is 9.84. The van der Waals surface area contributed by atoms with Crippen molar-refractivity contribution in [1.29, 1.82) is 0 Å². The predicted molar refractivity (Wildman–Crippen MR) is 119 cm³/mol. The molecule has 10 heteroatoms. The first-order valence-electron chi connectivity index (χ1n) is 9.84. The first-order chi connectivity index (χ1) is 13.2. The molecule has 2 fully saturated rings. The molecule has 2 aliphatic rings. The van der Waals surface area contributed by atoms with E-state index in [1.54, 1.807) is 7.11 Å². The molecule has 3 rings (SSSR count). The Labute approximate surface area is 184 Å². The van der Waals surface area contributed by atoms with E-state index in [1.807, 2.05) is 18.5 Å². The standard InChI is InChI=1S/C18H33N7O2.HI/c1-15-21-22-17(23(15)2)12-20-18(25-6-4-16(13-25)14-26-3)19-5-7-24-8-10-27-11-9-24;/h16H,4-14H2,1-3H3,(H,19,20);1H. The second-order valence-electron chi connectivity index (χ2n) is 7.30. The van der Waals surface area contributed by atoms with Gasteiger partial charge >= 0.3 is 0 Å². The van der Waals surface area contributed by atoms with Crippen molar-refractivity contribution in [1.82, 2.24) is 29.9 Å². The van der Waals surface area contributed by atoms with Crippen molar-refractivity contribution in [3.05, 3.63) is 11.6 Å². The van der Waals surface area contributed by atoms with Crippen molar-refractivity contribution in [2.24, 2.45) is 18.0 Å². The maximum absolute atomic E-state index is 5.42. The van der Waals surface area contributed by atoms with Crippen LogP contribution in [0.1, 0.15) is 18.1 Å². The van der Waals surface area contributed by atoms with Gasteiger partial charge in [0.25, 0.3) is 0 Å². The van der Waals surface area contributed by atoms with Crippen molar-refractivity contribution in [2.75, 3.05) is 66.2 Å². The minimum absolute atomic E-state index is 0. The lowest BCUT2D eigenvalue weighted by Crippen LogP contribution is -2.45. The summed E-state index contributed by atoms with van der Waals surface area (Å²) in [4.78, 5) is 9.62. The van der Waals surface area contributed by atoms with E-state index < -0.39 is 0 Å². The van der Waals surface area contributed by atoms with Crippen molar-refractivity contribution < 1.29 is 9.47 Å². The monoisotopic (exact) mass is 507 g/mol. The van der Waals surface area contributed by atoms with Crippen molar-refractivity contribution >= 4 is 29.9 Å². The molecule has 2 saturated heterocycles. The number of aromatic nitrogens is 3. The van der Waals surface area contributed by atoms with E-state index >= 15 is 0 Å². The smallest absolute Gasteiger partial charge is 0.194 e. The van der Waals surface area contributed by atoms with E-state index in [4.69, 9.17) is 14.5 Å². The Morgan fingerprint density at radius 1 is 1.29 bits per heavy atom. The molecule has 160 valence electrons. The van der Waals surface area contributed by atoms with Gasteiger partial charge in [-0.3, -0.25) is 4.90 Å². The van der Waals surface area contributed by atoms with Crippen LogP contribution in [0.2, 0.25) is 0 Å². The van der Waals surface area contributed by atoms with Crippen LogP contribution in [0.15, 0.2) is 4.99 Å². The van der Waals surface area contributed by atoms with Gasteiger partial charge in [0.05, 0.1) is 19.8 Å². The summed E-state index contributed by atoms with van der Waals surface area (Å²) < 4.78 is 12.8. The number of morpholine rings is 1. The largest absolute Gasteiger partial charge is 0.384 e. The van der Waals surface area contributed by atoms with Crippen molar-refractivity contribution in [2.45, 2.75) is 19.9 Å². The third kappa shape index (κ3) is 6.53. The van der Waals surface area contributed by atoms with Crippen molar-refractivity contribution in [3.8, 4) is 0 Å². The molecule has 0 bridgehead atoms. The van der Waals surface area contributed by atoms with Gasteiger partial charge in [-0.15, -0.1) is 34.2 Å². The van der Waals surface area contributed by atoms with E-state index in [9.17, 15) is 0 Å². The first kappa shape index (κ1) is 23.3. The summed E-state index contributed by atoms with van der Waals surface area (Å²) in [5.74, 6) is 3.32. The molecule has 1 aromatic rings. The molecule has 2 aliphatic heterocycles. The van der Waals surface area contributed by atoms with Crippen molar-refractivity contribution in [3.63, 3.8) is 0 Å². The molecule has 9 nitrogen and oxygen atoms in total. The van der Waals surface area contributed by atoms with Gasteiger partial charge in [-0.2, -0.15) is 0 Å². The fourth-order valence-electron chi connectivity index (χ4n) is 3.55. The second-order valence-corrected chi connectivity index (χ2v) is 7.30. The minimum atomic E-state index is 0. The van der Waals surface area contributed by atoms with Gasteiger partial charge in [0.15, 0.2) is 11.8 Å². The number of methoxy groups -OCH3 is 1. The molecular formula is C18H34IN7O2. The Hall–Kier alpha value is -0.980. The average Bonchev–Trinajstić information content (AvgIpc) is 3.27. The lowest BCUT2D eigenvalue weighted by Gasteiger charge is -2.28. The van der Waals surface area contributed by atoms with E-state index in [1.165, 1.54) is 0 Å². The molecule has 1 atom stereocenters. The third-order valence-electron chi connectivity index (χ3n) is 5.36. The highest BCUT2D eigenvalue weighted by molar-refractivity contribution is 14.0. The van der Waals surface area contributed by atoms with E-state index in [-0.39, 0.29) is 24.0 Å². The fraction of sp³-hybridized carbons (Fsp3) is 0.833. The predicted octanol–water partition coefficient (Wildman–Crippen LogP) is 0.488. The summed E-state index contributed by atoms with van der Waals surface area (Å²) in [7, 11) is 3.75. The molecule has 0 saturated carbocycles. The number of rotatable bonds is 7. The van der Waals surface area contributed by atoms with Crippen LogP contribution in [0, 0.1) is 12.8 Å². The number of nitrogens with one attached hydrogen (secondary N) is 1. The number of aliphatic imine (C=N–C) groups is 1. The quantitative estimate of drug-likeness (QED) is 0.327. The highest BCUT2D eigenvalue weighted by Crippen LogP contribution is 2.16. The molecule has 0 radical (unpaired) electrons. The molecule has 1 unspecified atom stereocenters. The molecular weight excluding hydrogens is 473 g/mol. The summed E-state index contributed by atoms with van der Waals surface area (Å²) in [6.07, 6.45) is 1.14. The molecule has 3 heterocycles. The molecule has 0 spiro atoms. The highest BCUT2D eigenvalue weighted by Gasteiger charge is 2.25. The van der Waals surface area contributed by atoms with Gasteiger partial charge in [-0.05, 0) is 13.3 Å². The summed E-state index contributed by atoms with van der Waals surface area (Å²) in [6.45, 7) is 10.8. The van der Waals surface area contributed by atoms with E-state index in [0.29, 0.717) is 12.5 Å². The van der Waals surface area contributed by atoms with E-state index in [0.717, 1.165) is 83.1 Å². The van der Waals surface area contributed by atoms with Crippen LogP contribution in [0.4, 0.5) is 0 Å². The summed E-state index contributed by atoms with van der Waals surface area (Å²) in [6, 6.07) is 0. The number of hydrogen-bond donors (Lipinski definition) is 1. The Kier molecular flexibility index (Phi) is 9.89. The zero-order valence-electron chi connectivity index (χ0n) is 17.3. The van der Waals surface area contributed by atoms with Crippen LogP contribution in [0.25, 0.3) is 0 Å². The van der Waals surface area contributed by atoms with Gasteiger partial charge in [0.1, 0.15) is 12.4 Å². The Bertz CT molecular complexity index is 619. The zero-order chi connectivity index (χ0) is 19.1. The Morgan fingerprint density at radius 3 is 2.75 bits per heavy atom. The average molecular weight is 507 g/mol. The highest BCUT2D eigenvalue weighted by atomic mass is 127. The Balaban J connectivity index is 0.00000280. The van der Waals surface area contributed by atoms with Crippen LogP contribution in [0.3, 0.4) is 0 Å². The number of nitrogens with zero attached hydrogens (tertiary/aromatic N) is 6. The number of ether oxygens (including phenoxy) is 2. The van der Waals surface area contributed by atoms with E-state index in [2.05, 4.69) is 25.3 Å². The summed E-state index contributed by atoms with van der Waals surface area (Å²) >= 11 is 0. The van der Waals surface area contributed by atoms with Gasteiger partial charge in [0.2, 0.25) is 0 Å². The summed E-state index contributed by atoms with van der Waals surface area (Å²) in [5.41, 5.74) is 0. The molecule has 0 aliphatic carbocycles. The number of guanidine groups is 1. The number of halogens is 1. The lowest BCUT2D eigenvalue weighted by atomic mass is 10.1. The van der Waals surface area contributed by atoms with Crippen LogP contribution >= 0.6 is 24.0 Å². The second kappa shape index (κ2) is 11.9. The SMILES string of the molecule is COCC1CCN(C(=NCc2nnc(C)n2C)NCCN2CCOCC2)C1.I. The minimum Gasteiger partial charge on any atom is -0.384 e. The molecule has 1 aromatic heterocycles. The maximum atomic E-state index is 5.42. The lowest BCUT2D eigenvalue weighted by molar-refractivity contribution is 0.0388. The third-order valence-corrected chi connectivity index (χ3v) is 5.36. The van der Waals surface area contributed by atoms with Crippen LogP contribution in [0.5, 0.6) is 0 Å². The molecule has 0 aromatic carbocycles. The number of hydrogen-bond acceptors (Lipinski definition) is 6. The molecule has 0 amide bonds. The molecule has 1 N–H and O–H groups in total. The van der Waals surface area contributed by atoms with Gasteiger partial charge in [-0.1, -0.05) is 0 Å².